The Morgan fingerprint density at radius 2 is 1.76 bits per heavy atom. The van der Waals surface area contributed by atoms with E-state index in [4.69, 9.17) is 9.15 Å². The molecule has 2 heterocycles. The lowest BCUT2D eigenvalue weighted by Gasteiger charge is -2.22. The van der Waals surface area contributed by atoms with Crippen LogP contribution in [0.4, 0.5) is 5.69 Å². The number of oxazole rings is 1. The molecule has 4 rings (SSSR count). The SMILES string of the molecule is CCN1c2ccccc2OC1CC=CC=CC=Cc1oc2ccccc2[n+]1CC. The first-order valence-electron chi connectivity index (χ1n) is 10.3. The molecule has 1 aliphatic heterocycles. The van der Waals surface area contributed by atoms with Gasteiger partial charge in [0, 0.05) is 19.0 Å². The van der Waals surface area contributed by atoms with Crippen molar-refractivity contribution in [3.63, 3.8) is 0 Å². The minimum atomic E-state index is 0.0663. The number of anilines is 1. The van der Waals surface area contributed by atoms with Crippen molar-refractivity contribution in [1.82, 2.24) is 0 Å². The summed E-state index contributed by atoms with van der Waals surface area (Å²) in [5, 5.41) is 0. The third-order valence-electron chi connectivity index (χ3n) is 5.12. The summed E-state index contributed by atoms with van der Waals surface area (Å²) in [5.74, 6) is 1.83. The highest BCUT2D eigenvalue weighted by atomic mass is 16.5. The molecule has 29 heavy (non-hydrogen) atoms. The largest absolute Gasteiger partial charge is 0.468 e. The molecule has 1 aliphatic rings. The van der Waals surface area contributed by atoms with Crippen molar-refractivity contribution in [2.75, 3.05) is 11.4 Å². The van der Waals surface area contributed by atoms with Crippen LogP contribution < -0.4 is 14.2 Å². The Morgan fingerprint density at radius 3 is 2.62 bits per heavy atom. The van der Waals surface area contributed by atoms with Crippen molar-refractivity contribution in [2.24, 2.45) is 0 Å². The number of hydrogen-bond acceptors (Lipinski definition) is 3. The van der Waals surface area contributed by atoms with Gasteiger partial charge in [0.1, 0.15) is 12.3 Å². The molecule has 0 saturated heterocycles. The van der Waals surface area contributed by atoms with Crippen LogP contribution in [0.5, 0.6) is 5.75 Å². The molecule has 0 bridgehead atoms. The van der Waals surface area contributed by atoms with Crippen molar-refractivity contribution >= 4 is 22.9 Å². The van der Waals surface area contributed by atoms with E-state index in [0.29, 0.717) is 0 Å². The molecule has 0 aliphatic carbocycles. The summed E-state index contributed by atoms with van der Waals surface area (Å²) in [5.41, 5.74) is 3.22. The van der Waals surface area contributed by atoms with Crippen LogP contribution in [-0.4, -0.2) is 12.8 Å². The number of ether oxygens (including phenoxy) is 1. The Bertz CT molecular complexity index is 1060. The van der Waals surface area contributed by atoms with E-state index in [2.05, 4.69) is 53.7 Å². The van der Waals surface area contributed by atoms with Crippen LogP contribution in [-0.2, 0) is 6.54 Å². The Kier molecular flexibility index (Phi) is 5.80. The second-order valence-electron chi connectivity index (χ2n) is 6.89. The summed E-state index contributed by atoms with van der Waals surface area (Å²) in [4.78, 5) is 2.30. The van der Waals surface area contributed by atoms with Crippen LogP contribution in [0.2, 0.25) is 0 Å². The molecule has 4 nitrogen and oxygen atoms in total. The number of rotatable bonds is 7. The Hall–Kier alpha value is -3.27. The zero-order valence-electron chi connectivity index (χ0n) is 17.0. The van der Waals surface area contributed by atoms with E-state index in [1.54, 1.807) is 0 Å². The first-order valence-corrected chi connectivity index (χ1v) is 10.3. The molecule has 1 atom stereocenters. The molecule has 0 N–H and O–H groups in total. The first-order chi connectivity index (χ1) is 14.3. The summed E-state index contributed by atoms with van der Waals surface area (Å²) in [7, 11) is 0. The molecule has 0 amide bonds. The molecule has 0 radical (unpaired) electrons. The van der Waals surface area contributed by atoms with Gasteiger partial charge in [0.05, 0.1) is 11.8 Å². The molecule has 0 spiro atoms. The first kappa shape index (κ1) is 19.1. The van der Waals surface area contributed by atoms with Crippen LogP contribution in [0.1, 0.15) is 26.2 Å². The highest BCUT2D eigenvalue weighted by Gasteiger charge is 2.28. The predicted molar refractivity (Wildman–Crippen MR) is 118 cm³/mol. The van der Waals surface area contributed by atoms with Crippen LogP contribution in [0, 0.1) is 0 Å². The van der Waals surface area contributed by atoms with Crippen LogP contribution in [0.15, 0.2) is 83.3 Å². The van der Waals surface area contributed by atoms with Gasteiger partial charge in [0.2, 0.25) is 5.58 Å². The van der Waals surface area contributed by atoms with E-state index in [0.717, 1.165) is 42.3 Å². The molecular weight excluding hydrogens is 360 g/mol. The molecule has 0 saturated carbocycles. The Balaban J connectivity index is 1.35. The zero-order chi connectivity index (χ0) is 20.1. The van der Waals surface area contributed by atoms with Gasteiger partial charge in [-0.2, -0.15) is 4.57 Å². The number of aromatic nitrogens is 1. The average molecular weight is 388 g/mol. The zero-order valence-corrected chi connectivity index (χ0v) is 17.0. The minimum Gasteiger partial charge on any atom is -0.468 e. The molecule has 3 aromatic rings. The summed E-state index contributed by atoms with van der Waals surface area (Å²) in [6, 6.07) is 16.3. The summed E-state index contributed by atoms with van der Waals surface area (Å²) in [6.45, 7) is 6.09. The maximum absolute atomic E-state index is 6.07. The van der Waals surface area contributed by atoms with E-state index in [9.17, 15) is 0 Å². The molecular formula is C25H27N2O2+. The molecule has 0 fully saturated rings. The van der Waals surface area contributed by atoms with E-state index in [-0.39, 0.29) is 6.23 Å². The fraction of sp³-hybridized carbons (Fsp3) is 0.240. The van der Waals surface area contributed by atoms with Crippen LogP contribution in [0.25, 0.3) is 17.2 Å². The van der Waals surface area contributed by atoms with Crippen LogP contribution >= 0.6 is 0 Å². The number of hydrogen-bond donors (Lipinski definition) is 0. The third kappa shape index (κ3) is 3.97. The maximum atomic E-state index is 6.07. The Morgan fingerprint density at radius 1 is 0.966 bits per heavy atom. The monoisotopic (exact) mass is 387 g/mol. The van der Waals surface area contributed by atoms with Gasteiger partial charge in [0.25, 0.3) is 5.52 Å². The number of aryl methyl sites for hydroxylation is 1. The van der Waals surface area contributed by atoms with Gasteiger partial charge in [-0.15, -0.1) is 0 Å². The van der Waals surface area contributed by atoms with Gasteiger partial charge >= 0.3 is 5.89 Å². The summed E-state index contributed by atoms with van der Waals surface area (Å²) >= 11 is 0. The van der Waals surface area contributed by atoms with Crippen molar-refractivity contribution < 1.29 is 13.7 Å². The number of benzene rings is 2. The predicted octanol–water partition coefficient (Wildman–Crippen LogP) is 5.50. The minimum absolute atomic E-state index is 0.0663. The lowest BCUT2D eigenvalue weighted by atomic mass is 10.2. The van der Waals surface area contributed by atoms with E-state index < -0.39 is 0 Å². The van der Waals surface area contributed by atoms with E-state index in [1.807, 2.05) is 54.6 Å². The smallest absolute Gasteiger partial charge is 0.374 e. The Labute approximate surface area is 172 Å². The fourth-order valence-corrected chi connectivity index (χ4v) is 3.75. The van der Waals surface area contributed by atoms with Gasteiger partial charge in [-0.05, 0) is 32.0 Å². The number of allylic oxidation sites excluding steroid dienone is 4. The van der Waals surface area contributed by atoms with Crippen molar-refractivity contribution in [3.05, 3.63) is 84.8 Å². The lowest BCUT2D eigenvalue weighted by molar-refractivity contribution is -0.674. The molecule has 4 heteroatoms. The van der Waals surface area contributed by atoms with Crippen LogP contribution in [0.3, 0.4) is 0 Å². The summed E-state index contributed by atoms with van der Waals surface area (Å²) < 4.78 is 14.2. The van der Waals surface area contributed by atoms with Gasteiger partial charge in [-0.25, -0.2) is 0 Å². The maximum Gasteiger partial charge on any atom is 0.374 e. The molecule has 148 valence electrons. The number of para-hydroxylation sites is 4. The normalized spacial score (nSPS) is 16.5. The van der Waals surface area contributed by atoms with Crippen molar-refractivity contribution in [2.45, 2.75) is 33.0 Å². The number of nitrogens with zero attached hydrogens (tertiary/aromatic N) is 2. The molecule has 2 aromatic carbocycles. The number of fused-ring (bicyclic) bond motifs is 2. The molecule has 1 aromatic heterocycles. The highest BCUT2D eigenvalue weighted by molar-refractivity contribution is 5.69. The second-order valence-corrected chi connectivity index (χ2v) is 6.89. The van der Waals surface area contributed by atoms with Crippen molar-refractivity contribution in [3.8, 4) is 5.75 Å². The molecule has 1 unspecified atom stereocenters. The second kappa shape index (κ2) is 8.82. The highest BCUT2D eigenvalue weighted by Crippen LogP contribution is 2.37. The lowest BCUT2D eigenvalue weighted by Crippen LogP contribution is -2.33. The van der Waals surface area contributed by atoms with Gasteiger partial charge in [-0.1, -0.05) is 54.6 Å². The summed E-state index contributed by atoms with van der Waals surface area (Å²) in [6.07, 6.45) is 13.2. The van der Waals surface area contributed by atoms with Gasteiger partial charge < -0.3 is 14.1 Å². The standard InChI is InChI=1S/C25H27N2O2/c1-3-26-20-14-10-12-16-22(20)28-24(26)18-8-6-5-7-9-19-25-27(4-2)21-15-11-13-17-23(21)29-25/h5-18,25H,3-4,19H2,1-2H3/q+1. The van der Waals surface area contributed by atoms with Crippen molar-refractivity contribution in [1.29, 1.82) is 0 Å². The quantitative estimate of drug-likeness (QED) is 0.396. The fourth-order valence-electron chi connectivity index (χ4n) is 3.75. The average Bonchev–Trinajstić information content (AvgIpc) is 3.29. The van der Waals surface area contributed by atoms with Gasteiger partial charge in [-0.3, -0.25) is 0 Å². The van der Waals surface area contributed by atoms with E-state index >= 15 is 0 Å². The topological polar surface area (TPSA) is 29.5 Å². The van der Waals surface area contributed by atoms with E-state index in [1.165, 1.54) is 5.69 Å². The third-order valence-corrected chi connectivity index (χ3v) is 5.12. The van der Waals surface area contributed by atoms with Gasteiger partial charge in [0.15, 0.2) is 6.23 Å².